The van der Waals surface area contributed by atoms with Crippen molar-refractivity contribution < 1.29 is 28.7 Å². The minimum atomic E-state index is -1.21. The van der Waals surface area contributed by atoms with Crippen LogP contribution in [0.15, 0.2) is 63.6 Å². The second kappa shape index (κ2) is 8.62. The fourth-order valence-electron chi connectivity index (χ4n) is 4.13. The number of hydrogen-bond acceptors (Lipinski definition) is 6. The fourth-order valence-corrected chi connectivity index (χ4v) is 4.33. The number of carboxylic acid groups (broad SMARTS) is 1. The summed E-state index contributed by atoms with van der Waals surface area (Å²) in [4.78, 5) is 50.5. The summed E-state index contributed by atoms with van der Waals surface area (Å²) in [6, 6.07) is 12.5. The van der Waals surface area contributed by atoms with E-state index in [1.165, 1.54) is 23.1 Å². The van der Waals surface area contributed by atoms with Crippen molar-refractivity contribution in [2.24, 2.45) is 5.10 Å². The van der Waals surface area contributed by atoms with Crippen LogP contribution in [-0.2, 0) is 4.79 Å². The molecule has 180 valence electrons. The van der Waals surface area contributed by atoms with Gasteiger partial charge in [0.25, 0.3) is 17.7 Å². The molecule has 0 bridgehead atoms. The normalized spacial score (nSPS) is 16.2. The van der Waals surface area contributed by atoms with Gasteiger partial charge in [-0.05, 0) is 62.4 Å². The Kier molecular flexibility index (Phi) is 5.57. The lowest BCUT2D eigenvalue weighted by atomic mass is 10.0. The number of carboxylic acids is 1. The van der Waals surface area contributed by atoms with Crippen LogP contribution in [0.4, 0.5) is 5.69 Å². The van der Waals surface area contributed by atoms with Crippen molar-refractivity contribution in [2.45, 2.75) is 13.8 Å². The van der Waals surface area contributed by atoms with Gasteiger partial charge >= 0.3 is 5.97 Å². The molecule has 10 heteroatoms. The predicted octanol–water partition coefficient (Wildman–Crippen LogP) is 4.72. The number of benzene rings is 2. The third-order valence-corrected chi connectivity index (χ3v) is 6.30. The number of aromatic carboxylic acids is 1. The van der Waals surface area contributed by atoms with Crippen LogP contribution in [0.3, 0.4) is 0 Å². The third-order valence-electron chi connectivity index (χ3n) is 5.97. The number of anilines is 1. The molecule has 36 heavy (non-hydrogen) atoms. The minimum absolute atomic E-state index is 0.0532. The first-order chi connectivity index (χ1) is 17.2. The fraction of sp³-hybridized carbons (Fsp3) is 0.115. The lowest BCUT2D eigenvalue weighted by molar-refractivity contribution is -0.114. The van der Waals surface area contributed by atoms with Crippen LogP contribution >= 0.6 is 11.6 Å². The molecule has 2 aliphatic heterocycles. The summed E-state index contributed by atoms with van der Waals surface area (Å²) in [6.45, 7) is 3.69. The van der Waals surface area contributed by atoms with Crippen molar-refractivity contribution in [3.63, 3.8) is 0 Å². The molecule has 0 radical (unpaired) electrons. The monoisotopic (exact) mass is 503 g/mol. The number of nitrogens with zero attached hydrogens (tertiary/aromatic N) is 3. The number of carbonyl (C=O) groups is 4. The van der Waals surface area contributed by atoms with Gasteiger partial charge in [-0.3, -0.25) is 19.3 Å². The van der Waals surface area contributed by atoms with Gasteiger partial charge in [-0.25, -0.2) is 4.79 Å². The molecule has 0 fully saturated rings. The smallest absolute Gasteiger partial charge is 0.337 e. The van der Waals surface area contributed by atoms with Crippen LogP contribution in [0.5, 0.6) is 0 Å². The van der Waals surface area contributed by atoms with Crippen LogP contribution in [-0.4, -0.2) is 46.0 Å². The second-order valence-electron chi connectivity index (χ2n) is 8.15. The Morgan fingerprint density at radius 2 is 1.78 bits per heavy atom. The van der Waals surface area contributed by atoms with E-state index in [-0.39, 0.29) is 33.7 Å². The number of furan rings is 1. The standard InChI is InChI=1S/C26H18ClN3O6/c1-3-29-23(31)17-7-4-14(10-19(17)24(29)32)22-9-6-16(36-22)12-18-13(2)28-30(25(18)33)15-5-8-21(27)20(11-15)26(34)35/h4-12H,3H2,1-2H3,(H,34,35)/b18-12-. The average Bonchev–Trinajstić information content (AvgIpc) is 3.51. The maximum Gasteiger partial charge on any atom is 0.337 e. The quantitative estimate of drug-likeness (QED) is 0.397. The molecule has 9 nitrogen and oxygen atoms in total. The molecular formula is C26H18ClN3O6. The van der Waals surface area contributed by atoms with E-state index in [1.54, 1.807) is 50.3 Å². The highest BCUT2D eigenvalue weighted by Gasteiger charge is 2.35. The van der Waals surface area contributed by atoms with Crippen molar-refractivity contribution >= 4 is 52.8 Å². The zero-order chi connectivity index (χ0) is 25.7. The molecule has 0 spiro atoms. The summed E-state index contributed by atoms with van der Waals surface area (Å²) >= 11 is 5.93. The van der Waals surface area contributed by atoms with Crippen LogP contribution in [0, 0.1) is 0 Å². The SMILES string of the molecule is CCN1C(=O)c2ccc(-c3ccc(/C=C4\C(=O)N(c5ccc(Cl)c(C(=O)O)c5)N=C4C)o3)cc2C1=O. The molecule has 3 aromatic rings. The van der Waals surface area contributed by atoms with E-state index in [0.29, 0.717) is 40.5 Å². The Labute approximate surface area is 209 Å². The van der Waals surface area contributed by atoms with Crippen LogP contribution in [0.1, 0.15) is 50.7 Å². The molecule has 1 N–H and O–H groups in total. The van der Waals surface area contributed by atoms with E-state index in [2.05, 4.69) is 5.10 Å². The highest BCUT2D eigenvalue weighted by atomic mass is 35.5. The maximum atomic E-state index is 13.1. The summed E-state index contributed by atoms with van der Waals surface area (Å²) < 4.78 is 5.90. The first-order valence-electron chi connectivity index (χ1n) is 10.9. The molecule has 0 aliphatic carbocycles. The molecule has 0 unspecified atom stereocenters. The number of carbonyl (C=O) groups excluding carboxylic acids is 3. The lowest BCUT2D eigenvalue weighted by Crippen LogP contribution is -2.29. The van der Waals surface area contributed by atoms with E-state index in [4.69, 9.17) is 16.0 Å². The van der Waals surface area contributed by atoms with Crippen molar-refractivity contribution in [3.05, 3.63) is 81.6 Å². The van der Waals surface area contributed by atoms with Crippen molar-refractivity contribution in [2.75, 3.05) is 11.6 Å². The van der Waals surface area contributed by atoms with Crippen molar-refractivity contribution in [3.8, 4) is 11.3 Å². The number of amides is 3. The molecule has 0 atom stereocenters. The number of hydrogen-bond donors (Lipinski definition) is 1. The molecule has 2 aromatic carbocycles. The van der Waals surface area contributed by atoms with Crippen LogP contribution in [0.25, 0.3) is 17.4 Å². The average molecular weight is 504 g/mol. The van der Waals surface area contributed by atoms with E-state index in [9.17, 15) is 24.3 Å². The number of hydrazone groups is 1. The summed E-state index contributed by atoms with van der Waals surface area (Å²) in [6.07, 6.45) is 1.54. The van der Waals surface area contributed by atoms with Crippen molar-refractivity contribution in [1.29, 1.82) is 0 Å². The van der Waals surface area contributed by atoms with E-state index in [0.717, 1.165) is 5.01 Å². The Hall–Kier alpha value is -4.50. The first kappa shape index (κ1) is 23.3. The molecule has 5 rings (SSSR count). The first-order valence-corrected chi connectivity index (χ1v) is 11.3. The highest BCUT2D eigenvalue weighted by Crippen LogP contribution is 2.32. The summed E-state index contributed by atoms with van der Waals surface area (Å²) in [5.74, 6) is -1.49. The minimum Gasteiger partial charge on any atom is -0.478 e. The zero-order valence-corrected chi connectivity index (χ0v) is 19.9. The van der Waals surface area contributed by atoms with Gasteiger partial charge in [0, 0.05) is 12.1 Å². The molecular weight excluding hydrogens is 486 g/mol. The zero-order valence-electron chi connectivity index (χ0n) is 19.1. The van der Waals surface area contributed by atoms with Gasteiger partial charge in [0.1, 0.15) is 11.5 Å². The van der Waals surface area contributed by atoms with Crippen LogP contribution in [0.2, 0.25) is 5.02 Å². The van der Waals surface area contributed by atoms with Gasteiger partial charge < -0.3 is 9.52 Å². The number of fused-ring (bicyclic) bond motifs is 1. The van der Waals surface area contributed by atoms with Gasteiger partial charge in [-0.15, -0.1) is 0 Å². The van der Waals surface area contributed by atoms with Gasteiger partial charge in [0.2, 0.25) is 0 Å². The highest BCUT2D eigenvalue weighted by molar-refractivity contribution is 6.34. The van der Waals surface area contributed by atoms with Crippen molar-refractivity contribution in [1.82, 2.24) is 4.90 Å². The van der Waals surface area contributed by atoms with Gasteiger partial charge in [-0.1, -0.05) is 17.7 Å². The Bertz CT molecular complexity index is 1550. The molecule has 0 saturated carbocycles. The van der Waals surface area contributed by atoms with E-state index in [1.807, 2.05) is 0 Å². The van der Waals surface area contributed by atoms with E-state index < -0.39 is 11.9 Å². The Morgan fingerprint density at radius 1 is 1.03 bits per heavy atom. The summed E-state index contributed by atoms with van der Waals surface area (Å²) in [5.41, 5.74) is 2.12. The number of imide groups is 1. The molecule has 2 aliphatic rings. The maximum absolute atomic E-state index is 13.1. The molecule has 3 amide bonds. The largest absolute Gasteiger partial charge is 0.478 e. The Morgan fingerprint density at radius 3 is 2.50 bits per heavy atom. The van der Waals surface area contributed by atoms with E-state index >= 15 is 0 Å². The second-order valence-corrected chi connectivity index (χ2v) is 8.55. The molecule has 3 heterocycles. The Balaban J connectivity index is 1.42. The van der Waals surface area contributed by atoms with Gasteiger partial charge in [-0.2, -0.15) is 10.1 Å². The predicted molar refractivity (Wildman–Crippen MR) is 132 cm³/mol. The summed E-state index contributed by atoms with van der Waals surface area (Å²) in [5, 5.41) is 14.7. The van der Waals surface area contributed by atoms with Gasteiger partial charge in [0.05, 0.1) is 38.7 Å². The molecule has 1 aromatic heterocycles. The number of halogens is 1. The van der Waals surface area contributed by atoms with Gasteiger partial charge in [0.15, 0.2) is 0 Å². The number of rotatable bonds is 5. The van der Waals surface area contributed by atoms with Crippen LogP contribution < -0.4 is 5.01 Å². The summed E-state index contributed by atoms with van der Waals surface area (Å²) in [7, 11) is 0. The third kappa shape index (κ3) is 3.70. The molecule has 0 saturated heterocycles. The lowest BCUT2D eigenvalue weighted by Gasteiger charge is -2.12. The topological polar surface area (TPSA) is 120 Å².